The molecule has 0 saturated heterocycles. The van der Waals surface area contributed by atoms with Gasteiger partial charge in [-0.3, -0.25) is 4.79 Å². The molecule has 0 spiro atoms. The monoisotopic (exact) mass is 291 g/mol. The molecule has 15 heavy (non-hydrogen) atoms. The van der Waals surface area contributed by atoms with Crippen molar-refractivity contribution >= 4 is 33.2 Å². The molecule has 3 nitrogen and oxygen atoms in total. The lowest BCUT2D eigenvalue weighted by Crippen LogP contribution is -2.35. The highest BCUT2D eigenvalue weighted by molar-refractivity contribution is 9.10. The van der Waals surface area contributed by atoms with Gasteiger partial charge in [-0.1, -0.05) is 0 Å². The fraction of sp³-hybridized carbons (Fsp3) is 0.500. The third-order valence-electron chi connectivity index (χ3n) is 2.12. The minimum Gasteiger partial charge on any atom is -0.481 e. The summed E-state index contributed by atoms with van der Waals surface area (Å²) in [5.41, 5.74) is -0.719. The highest BCUT2D eigenvalue weighted by Gasteiger charge is 2.26. The minimum absolute atomic E-state index is 0.465. The number of aliphatic carboxylic acids is 1. The van der Waals surface area contributed by atoms with E-state index in [0.29, 0.717) is 13.1 Å². The van der Waals surface area contributed by atoms with Crippen LogP contribution in [0.5, 0.6) is 0 Å². The van der Waals surface area contributed by atoms with E-state index in [-0.39, 0.29) is 0 Å². The topological polar surface area (TPSA) is 49.3 Å². The van der Waals surface area contributed by atoms with E-state index in [0.717, 1.165) is 4.47 Å². The Hall–Kier alpha value is -0.390. The largest absolute Gasteiger partial charge is 0.481 e. The van der Waals surface area contributed by atoms with E-state index in [2.05, 4.69) is 21.2 Å². The summed E-state index contributed by atoms with van der Waals surface area (Å²) in [6.45, 7) is 4.60. The number of carbonyl (C=O) groups is 1. The van der Waals surface area contributed by atoms with Gasteiger partial charge < -0.3 is 10.4 Å². The molecule has 0 unspecified atom stereocenters. The van der Waals surface area contributed by atoms with E-state index < -0.39 is 11.4 Å². The zero-order chi connectivity index (χ0) is 11.5. The smallest absolute Gasteiger partial charge is 0.310 e. The molecule has 1 aromatic heterocycles. The van der Waals surface area contributed by atoms with Gasteiger partial charge in [0, 0.05) is 22.4 Å². The van der Waals surface area contributed by atoms with Crippen molar-refractivity contribution in [3.63, 3.8) is 0 Å². The molecule has 84 valence electrons. The van der Waals surface area contributed by atoms with Crippen molar-refractivity contribution in [2.75, 3.05) is 6.54 Å². The Balaban J connectivity index is 2.40. The lowest BCUT2D eigenvalue weighted by Gasteiger charge is -2.19. The van der Waals surface area contributed by atoms with Crippen LogP contribution in [0.1, 0.15) is 18.7 Å². The Morgan fingerprint density at radius 2 is 2.33 bits per heavy atom. The summed E-state index contributed by atoms with van der Waals surface area (Å²) in [6, 6.07) is 1.99. The Morgan fingerprint density at radius 1 is 1.67 bits per heavy atom. The van der Waals surface area contributed by atoms with Crippen LogP contribution in [0.3, 0.4) is 0 Å². The van der Waals surface area contributed by atoms with Gasteiger partial charge in [0.05, 0.1) is 5.41 Å². The molecular formula is C10H14BrNO2S. The second-order valence-electron chi connectivity index (χ2n) is 3.98. The van der Waals surface area contributed by atoms with E-state index in [1.54, 1.807) is 25.2 Å². The highest BCUT2D eigenvalue weighted by Crippen LogP contribution is 2.22. The van der Waals surface area contributed by atoms with Crippen LogP contribution in [0, 0.1) is 5.41 Å². The van der Waals surface area contributed by atoms with Gasteiger partial charge in [-0.05, 0) is 41.2 Å². The Kier molecular flexibility index (Phi) is 4.31. The Morgan fingerprint density at radius 3 is 2.80 bits per heavy atom. The highest BCUT2D eigenvalue weighted by atomic mass is 79.9. The molecule has 5 heteroatoms. The number of hydrogen-bond donors (Lipinski definition) is 2. The zero-order valence-corrected chi connectivity index (χ0v) is 11.1. The maximum absolute atomic E-state index is 10.8. The number of halogens is 1. The molecule has 0 aliphatic carbocycles. The summed E-state index contributed by atoms with van der Waals surface area (Å²) >= 11 is 5.08. The van der Waals surface area contributed by atoms with Crippen molar-refractivity contribution in [1.29, 1.82) is 0 Å². The molecule has 1 rings (SSSR count). The first kappa shape index (κ1) is 12.7. The maximum Gasteiger partial charge on any atom is 0.310 e. The maximum atomic E-state index is 10.8. The number of hydrogen-bond acceptors (Lipinski definition) is 3. The van der Waals surface area contributed by atoms with Crippen LogP contribution in [-0.2, 0) is 11.3 Å². The van der Waals surface area contributed by atoms with E-state index in [1.807, 2.05) is 11.4 Å². The first-order chi connectivity index (χ1) is 6.93. The predicted molar refractivity (Wildman–Crippen MR) is 65.1 cm³/mol. The number of carboxylic acid groups (broad SMARTS) is 1. The predicted octanol–water partition coefficient (Wildman–Crippen LogP) is 2.71. The van der Waals surface area contributed by atoms with E-state index in [9.17, 15) is 4.79 Å². The van der Waals surface area contributed by atoms with E-state index in [4.69, 9.17) is 5.11 Å². The number of nitrogens with one attached hydrogen (secondary N) is 1. The standard InChI is InChI=1S/C10H14BrNO2S/c1-10(2,9(13)14)6-12-5-8-7(11)3-4-15-8/h3-4,12H,5-6H2,1-2H3,(H,13,14). The SMILES string of the molecule is CC(C)(CNCc1sccc1Br)C(=O)O. The quantitative estimate of drug-likeness (QED) is 0.877. The first-order valence-corrected chi connectivity index (χ1v) is 6.27. The van der Waals surface area contributed by atoms with E-state index in [1.165, 1.54) is 4.88 Å². The molecule has 0 radical (unpaired) electrons. The molecular weight excluding hydrogens is 278 g/mol. The Labute approximate surface area is 102 Å². The van der Waals surface area contributed by atoms with Crippen LogP contribution in [0.25, 0.3) is 0 Å². The van der Waals surface area contributed by atoms with Crippen molar-refractivity contribution in [2.24, 2.45) is 5.41 Å². The van der Waals surface area contributed by atoms with Gasteiger partial charge >= 0.3 is 5.97 Å². The average Bonchev–Trinajstić information content (AvgIpc) is 2.51. The molecule has 0 fully saturated rings. The fourth-order valence-electron chi connectivity index (χ4n) is 1.02. The van der Waals surface area contributed by atoms with Gasteiger partial charge in [0.2, 0.25) is 0 Å². The van der Waals surface area contributed by atoms with Crippen LogP contribution < -0.4 is 5.32 Å². The van der Waals surface area contributed by atoms with Gasteiger partial charge in [0.25, 0.3) is 0 Å². The van der Waals surface area contributed by atoms with Crippen molar-refractivity contribution in [3.8, 4) is 0 Å². The van der Waals surface area contributed by atoms with Crippen molar-refractivity contribution in [3.05, 3.63) is 20.8 Å². The van der Waals surface area contributed by atoms with Crippen LogP contribution in [0.2, 0.25) is 0 Å². The molecule has 0 amide bonds. The van der Waals surface area contributed by atoms with Gasteiger partial charge in [0.15, 0.2) is 0 Å². The number of rotatable bonds is 5. The molecule has 0 saturated carbocycles. The molecule has 1 aromatic rings. The average molecular weight is 292 g/mol. The van der Waals surface area contributed by atoms with Crippen molar-refractivity contribution < 1.29 is 9.90 Å². The van der Waals surface area contributed by atoms with Crippen LogP contribution >= 0.6 is 27.3 Å². The Bertz CT molecular complexity index is 349. The first-order valence-electron chi connectivity index (χ1n) is 4.59. The number of thiophene rings is 1. The fourth-order valence-corrected chi connectivity index (χ4v) is 2.48. The molecule has 0 aliphatic heterocycles. The molecule has 2 N–H and O–H groups in total. The number of carboxylic acids is 1. The third-order valence-corrected chi connectivity index (χ3v) is 4.05. The van der Waals surface area contributed by atoms with Gasteiger partial charge in [-0.2, -0.15) is 0 Å². The third kappa shape index (κ3) is 3.59. The van der Waals surface area contributed by atoms with Crippen LogP contribution in [0.4, 0.5) is 0 Å². The molecule has 0 atom stereocenters. The summed E-state index contributed by atoms with van der Waals surface area (Å²) in [5, 5.41) is 14.1. The normalized spacial score (nSPS) is 11.7. The summed E-state index contributed by atoms with van der Waals surface area (Å²) in [7, 11) is 0. The minimum atomic E-state index is -0.778. The van der Waals surface area contributed by atoms with Crippen molar-refractivity contribution in [2.45, 2.75) is 20.4 Å². The molecule has 0 aliphatic rings. The van der Waals surface area contributed by atoms with Crippen LogP contribution in [0.15, 0.2) is 15.9 Å². The molecule has 0 bridgehead atoms. The molecule has 1 heterocycles. The summed E-state index contributed by atoms with van der Waals surface area (Å²) in [4.78, 5) is 12.0. The molecule has 0 aromatic carbocycles. The van der Waals surface area contributed by atoms with Gasteiger partial charge in [0.1, 0.15) is 0 Å². The summed E-state index contributed by atoms with van der Waals surface area (Å²) in [5.74, 6) is -0.778. The van der Waals surface area contributed by atoms with Gasteiger partial charge in [-0.25, -0.2) is 0 Å². The second kappa shape index (κ2) is 5.09. The lowest BCUT2D eigenvalue weighted by molar-refractivity contribution is -0.146. The summed E-state index contributed by atoms with van der Waals surface area (Å²) < 4.78 is 1.08. The van der Waals surface area contributed by atoms with E-state index >= 15 is 0 Å². The van der Waals surface area contributed by atoms with Crippen LogP contribution in [-0.4, -0.2) is 17.6 Å². The van der Waals surface area contributed by atoms with Gasteiger partial charge in [-0.15, -0.1) is 11.3 Å². The second-order valence-corrected chi connectivity index (χ2v) is 5.84. The lowest BCUT2D eigenvalue weighted by atomic mass is 9.94. The summed E-state index contributed by atoms with van der Waals surface area (Å²) in [6.07, 6.45) is 0. The zero-order valence-electron chi connectivity index (χ0n) is 8.71. The van der Waals surface area contributed by atoms with Crippen molar-refractivity contribution in [1.82, 2.24) is 5.32 Å².